The van der Waals surface area contributed by atoms with Gasteiger partial charge in [0.05, 0.1) is 5.69 Å². The van der Waals surface area contributed by atoms with Crippen molar-refractivity contribution in [2.24, 2.45) is 0 Å². The average Bonchev–Trinajstić information content (AvgIpc) is 2.55. The van der Waals surface area contributed by atoms with E-state index in [9.17, 15) is 0 Å². The molecule has 20 heavy (non-hydrogen) atoms. The Kier molecular flexibility index (Phi) is 2.46. The molecule has 0 N–H and O–H groups in total. The molecule has 2 aromatic heterocycles. The third kappa shape index (κ3) is 1.74. The van der Waals surface area contributed by atoms with E-state index >= 15 is 0 Å². The molecule has 0 fully saturated rings. The van der Waals surface area contributed by atoms with Gasteiger partial charge in [0.25, 0.3) is 0 Å². The summed E-state index contributed by atoms with van der Waals surface area (Å²) in [6, 6.07) is 18.7. The summed E-state index contributed by atoms with van der Waals surface area (Å²) in [6.07, 6.45) is 5.67. The van der Waals surface area contributed by atoms with Gasteiger partial charge < -0.3 is 0 Å². The first-order valence-corrected chi connectivity index (χ1v) is 6.60. The summed E-state index contributed by atoms with van der Waals surface area (Å²) in [6.45, 7) is 0. The second-order valence-electron chi connectivity index (χ2n) is 4.82. The van der Waals surface area contributed by atoms with Crippen molar-refractivity contribution >= 4 is 21.5 Å². The molecular formula is C18H12N2. The molecule has 0 bridgehead atoms. The molecule has 0 atom stereocenters. The molecule has 0 aliphatic rings. The number of hydrogen-bond donors (Lipinski definition) is 0. The van der Waals surface area contributed by atoms with Crippen molar-refractivity contribution in [1.29, 1.82) is 0 Å². The number of pyridine rings is 2. The van der Waals surface area contributed by atoms with Crippen molar-refractivity contribution in [3.8, 4) is 11.3 Å². The summed E-state index contributed by atoms with van der Waals surface area (Å²) >= 11 is 0. The predicted molar refractivity (Wildman–Crippen MR) is 82.5 cm³/mol. The van der Waals surface area contributed by atoms with Crippen molar-refractivity contribution in [1.82, 2.24) is 9.97 Å². The molecule has 2 aromatic carbocycles. The Labute approximate surface area is 116 Å². The third-order valence-corrected chi connectivity index (χ3v) is 3.59. The van der Waals surface area contributed by atoms with Crippen LogP contribution in [0.5, 0.6) is 0 Å². The van der Waals surface area contributed by atoms with Gasteiger partial charge in [-0.05, 0) is 22.9 Å². The SMILES string of the molecule is c1ccc(-c2cc3ccc4ccncc4c3cn2)cc1. The highest BCUT2D eigenvalue weighted by molar-refractivity contribution is 6.07. The fraction of sp³-hybridized carbons (Fsp3) is 0. The van der Waals surface area contributed by atoms with Crippen molar-refractivity contribution in [3.05, 3.63) is 73.2 Å². The van der Waals surface area contributed by atoms with Crippen LogP contribution < -0.4 is 0 Å². The molecule has 0 saturated heterocycles. The largest absolute Gasteiger partial charge is 0.264 e. The lowest BCUT2D eigenvalue weighted by Crippen LogP contribution is -1.85. The van der Waals surface area contributed by atoms with Crippen molar-refractivity contribution < 1.29 is 0 Å². The van der Waals surface area contributed by atoms with Gasteiger partial charge in [-0.25, -0.2) is 0 Å². The lowest BCUT2D eigenvalue weighted by molar-refractivity contribution is 1.35. The highest BCUT2D eigenvalue weighted by atomic mass is 14.7. The molecule has 0 amide bonds. The summed E-state index contributed by atoms with van der Waals surface area (Å²) in [7, 11) is 0. The number of hydrogen-bond acceptors (Lipinski definition) is 2. The maximum atomic E-state index is 4.60. The molecule has 0 aliphatic carbocycles. The zero-order valence-corrected chi connectivity index (χ0v) is 10.8. The van der Waals surface area contributed by atoms with Gasteiger partial charge >= 0.3 is 0 Å². The molecular weight excluding hydrogens is 244 g/mol. The molecule has 4 aromatic rings. The Hall–Kier alpha value is -2.74. The molecule has 0 spiro atoms. The predicted octanol–water partition coefficient (Wildman–Crippen LogP) is 4.45. The zero-order valence-electron chi connectivity index (χ0n) is 10.8. The van der Waals surface area contributed by atoms with Crippen LogP contribution in [0.15, 0.2) is 73.2 Å². The first-order valence-electron chi connectivity index (χ1n) is 6.60. The first-order chi connectivity index (χ1) is 9.92. The maximum Gasteiger partial charge on any atom is 0.0708 e. The van der Waals surface area contributed by atoms with Gasteiger partial charge in [0.15, 0.2) is 0 Å². The monoisotopic (exact) mass is 256 g/mol. The van der Waals surface area contributed by atoms with E-state index in [4.69, 9.17) is 0 Å². The summed E-state index contributed by atoms with van der Waals surface area (Å²) in [5.74, 6) is 0. The van der Waals surface area contributed by atoms with E-state index < -0.39 is 0 Å². The molecule has 0 aliphatic heterocycles. The number of benzene rings is 2. The maximum absolute atomic E-state index is 4.60. The van der Waals surface area contributed by atoms with Gasteiger partial charge in [-0.15, -0.1) is 0 Å². The highest BCUT2D eigenvalue weighted by Gasteiger charge is 2.04. The fourth-order valence-electron chi connectivity index (χ4n) is 2.56. The first kappa shape index (κ1) is 11.1. The summed E-state index contributed by atoms with van der Waals surface area (Å²) in [5.41, 5.74) is 2.14. The molecule has 0 radical (unpaired) electrons. The molecule has 4 rings (SSSR count). The van der Waals surface area contributed by atoms with E-state index in [1.54, 1.807) is 0 Å². The number of rotatable bonds is 1. The van der Waals surface area contributed by atoms with Crippen LogP contribution in [0.25, 0.3) is 32.8 Å². The second-order valence-corrected chi connectivity index (χ2v) is 4.82. The van der Waals surface area contributed by atoms with Crippen LogP contribution in [0.1, 0.15) is 0 Å². The Balaban J connectivity index is 1.99. The number of aromatic nitrogens is 2. The van der Waals surface area contributed by atoms with Crippen molar-refractivity contribution in [3.63, 3.8) is 0 Å². The summed E-state index contributed by atoms with van der Waals surface area (Å²) < 4.78 is 0. The van der Waals surface area contributed by atoms with Gasteiger partial charge in [0.2, 0.25) is 0 Å². The van der Waals surface area contributed by atoms with Crippen LogP contribution in [0.3, 0.4) is 0 Å². The summed E-state index contributed by atoms with van der Waals surface area (Å²) in [5, 5.41) is 4.69. The molecule has 2 nitrogen and oxygen atoms in total. The third-order valence-electron chi connectivity index (χ3n) is 3.59. The minimum absolute atomic E-state index is 1.00. The van der Waals surface area contributed by atoms with Gasteiger partial charge in [0.1, 0.15) is 0 Å². The van der Waals surface area contributed by atoms with Crippen LogP contribution in [-0.4, -0.2) is 9.97 Å². The molecule has 94 valence electrons. The van der Waals surface area contributed by atoms with Gasteiger partial charge in [-0.3, -0.25) is 9.97 Å². The van der Waals surface area contributed by atoms with Crippen LogP contribution in [0.4, 0.5) is 0 Å². The van der Waals surface area contributed by atoms with Crippen molar-refractivity contribution in [2.75, 3.05) is 0 Å². The summed E-state index contributed by atoms with van der Waals surface area (Å²) in [4.78, 5) is 8.82. The molecule has 0 unspecified atom stereocenters. The van der Waals surface area contributed by atoms with E-state index in [1.165, 1.54) is 10.8 Å². The van der Waals surface area contributed by atoms with Gasteiger partial charge in [0, 0.05) is 34.9 Å². The quantitative estimate of drug-likeness (QED) is 0.470. The second kappa shape index (κ2) is 4.42. The minimum atomic E-state index is 1.00. The lowest BCUT2D eigenvalue weighted by Gasteiger charge is -2.06. The molecule has 2 heteroatoms. The smallest absolute Gasteiger partial charge is 0.0708 e. The Morgan fingerprint density at radius 3 is 2.40 bits per heavy atom. The average molecular weight is 256 g/mol. The number of nitrogens with zero attached hydrogens (tertiary/aromatic N) is 2. The number of fused-ring (bicyclic) bond motifs is 3. The molecule has 2 heterocycles. The topological polar surface area (TPSA) is 25.8 Å². The molecule has 0 saturated carbocycles. The van der Waals surface area contributed by atoms with Crippen LogP contribution >= 0.6 is 0 Å². The van der Waals surface area contributed by atoms with E-state index in [-0.39, 0.29) is 0 Å². The Bertz CT molecular complexity index is 899. The van der Waals surface area contributed by atoms with Crippen LogP contribution in [0, 0.1) is 0 Å². The van der Waals surface area contributed by atoms with E-state index in [0.717, 1.165) is 22.0 Å². The van der Waals surface area contributed by atoms with Crippen molar-refractivity contribution in [2.45, 2.75) is 0 Å². The fourth-order valence-corrected chi connectivity index (χ4v) is 2.56. The minimum Gasteiger partial charge on any atom is -0.264 e. The van der Waals surface area contributed by atoms with E-state index in [0.29, 0.717) is 0 Å². The van der Waals surface area contributed by atoms with E-state index in [2.05, 4.69) is 40.3 Å². The normalized spacial score (nSPS) is 11.0. The Morgan fingerprint density at radius 2 is 1.50 bits per heavy atom. The van der Waals surface area contributed by atoms with Crippen LogP contribution in [0.2, 0.25) is 0 Å². The van der Waals surface area contributed by atoms with Crippen LogP contribution in [-0.2, 0) is 0 Å². The van der Waals surface area contributed by atoms with Gasteiger partial charge in [-0.2, -0.15) is 0 Å². The highest BCUT2D eigenvalue weighted by Crippen LogP contribution is 2.27. The van der Waals surface area contributed by atoms with Gasteiger partial charge in [-0.1, -0.05) is 42.5 Å². The Morgan fingerprint density at radius 1 is 0.700 bits per heavy atom. The lowest BCUT2D eigenvalue weighted by atomic mass is 10.0. The zero-order chi connectivity index (χ0) is 13.4. The standard InChI is InChI=1S/C18H12N2/c1-2-4-14(5-3-1)18-10-15-7-6-13-8-9-19-11-16(13)17(15)12-20-18/h1-12H. The van der Waals surface area contributed by atoms with E-state index in [1.807, 2.05) is 42.9 Å².